The fourth-order valence-corrected chi connectivity index (χ4v) is 1.91. The third-order valence-electron chi connectivity index (χ3n) is 2.90. The van der Waals surface area contributed by atoms with E-state index >= 15 is 0 Å². The monoisotopic (exact) mass is 286 g/mol. The quantitative estimate of drug-likeness (QED) is 0.516. The van der Waals surface area contributed by atoms with Crippen LogP contribution in [0.3, 0.4) is 0 Å². The predicted molar refractivity (Wildman–Crippen MR) is 80.3 cm³/mol. The van der Waals surface area contributed by atoms with E-state index in [4.69, 9.17) is 0 Å². The number of nitrogens with zero attached hydrogens (tertiary/aromatic N) is 3. The third-order valence-corrected chi connectivity index (χ3v) is 2.90. The van der Waals surface area contributed by atoms with Crippen molar-refractivity contribution in [1.82, 2.24) is 9.78 Å². The summed E-state index contributed by atoms with van der Waals surface area (Å²) in [5.74, 6) is 0. The van der Waals surface area contributed by atoms with Gasteiger partial charge in [0, 0.05) is 30.8 Å². The van der Waals surface area contributed by atoms with Gasteiger partial charge in [-0.15, -0.1) is 6.58 Å². The van der Waals surface area contributed by atoms with E-state index in [0.29, 0.717) is 16.9 Å². The number of anilines is 1. The lowest BCUT2D eigenvalue weighted by Gasteiger charge is -2.10. The summed E-state index contributed by atoms with van der Waals surface area (Å²) in [6, 6.07) is 7.52. The van der Waals surface area contributed by atoms with E-state index in [1.165, 1.54) is 22.9 Å². The Morgan fingerprint density at radius 2 is 2.24 bits per heavy atom. The molecule has 0 saturated carbocycles. The minimum atomic E-state index is -0.470. The number of aromatic nitrogens is 2. The highest BCUT2D eigenvalue weighted by molar-refractivity contribution is 5.74. The van der Waals surface area contributed by atoms with Gasteiger partial charge in [-0.1, -0.05) is 18.2 Å². The molecule has 7 nitrogen and oxygen atoms in total. The Morgan fingerprint density at radius 3 is 2.86 bits per heavy atom. The van der Waals surface area contributed by atoms with Crippen LogP contribution in [-0.2, 0) is 6.54 Å². The van der Waals surface area contributed by atoms with Crippen molar-refractivity contribution in [1.29, 1.82) is 0 Å². The normalized spacial score (nSPS) is 10.1. The SMILES string of the molecule is C=CCn1nc(-c2cccc([N+](=O)[O-])c2)c(NC)cc1=O. The first-order chi connectivity index (χ1) is 10.1. The van der Waals surface area contributed by atoms with Gasteiger partial charge in [0.25, 0.3) is 11.2 Å². The van der Waals surface area contributed by atoms with Gasteiger partial charge in [0.1, 0.15) is 5.69 Å². The minimum absolute atomic E-state index is 0.0298. The molecule has 1 heterocycles. The van der Waals surface area contributed by atoms with Crippen molar-refractivity contribution in [2.45, 2.75) is 6.54 Å². The molecule has 0 aliphatic rings. The van der Waals surface area contributed by atoms with Crippen LogP contribution in [0.15, 0.2) is 47.8 Å². The van der Waals surface area contributed by atoms with Gasteiger partial charge < -0.3 is 5.32 Å². The van der Waals surface area contributed by atoms with Crippen LogP contribution >= 0.6 is 0 Å². The maximum Gasteiger partial charge on any atom is 0.270 e. The number of rotatable bonds is 5. The van der Waals surface area contributed by atoms with Gasteiger partial charge in [-0.05, 0) is 0 Å². The van der Waals surface area contributed by atoms with Gasteiger partial charge in [0.05, 0.1) is 17.2 Å². The molecule has 0 amide bonds. The summed E-state index contributed by atoms with van der Waals surface area (Å²) in [4.78, 5) is 22.2. The van der Waals surface area contributed by atoms with E-state index in [2.05, 4.69) is 17.0 Å². The van der Waals surface area contributed by atoms with Gasteiger partial charge in [-0.3, -0.25) is 14.9 Å². The molecule has 2 aromatic rings. The van der Waals surface area contributed by atoms with Crippen LogP contribution in [0.25, 0.3) is 11.3 Å². The Kier molecular flexibility index (Phi) is 4.13. The van der Waals surface area contributed by atoms with E-state index in [9.17, 15) is 14.9 Å². The number of nitro groups is 1. The fourth-order valence-electron chi connectivity index (χ4n) is 1.91. The zero-order valence-electron chi connectivity index (χ0n) is 11.4. The highest BCUT2D eigenvalue weighted by Gasteiger charge is 2.13. The number of non-ortho nitro benzene ring substituents is 1. The molecule has 0 radical (unpaired) electrons. The van der Waals surface area contributed by atoms with Crippen molar-refractivity contribution in [3.8, 4) is 11.3 Å². The molecule has 0 saturated heterocycles. The van der Waals surface area contributed by atoms with Gasteiger partial charge in [-0.25, -0.2) is 4.68 Å². The fraction of sp³-hybridized carbons (Fsp3) is 0.143. The first kappa shape index (κ1) is 14.4. The molecule has 0 atom stereocenters. The van der Waals surface area contributed by atoms with Gasteiger partial charge in [0.15, 0.2) is 0 Å². The van der Waals surface area contributed by atoms with Crippen molar-refractivity contribution in [3.05, 3.63) is 63.5 Å². The predicted octanol–water partition coefficient (Wildman–Crippen LogP) is 2.05. The van der Waals surface area contributed by atoms with E-state index in [0.717, 1.165) is 0 Å². The van der Waals surface area contributed by atoms with Crippen LogP contribution in [0.4, 0.5) is 11.4 Å². The van der Waals surface area contributed by atoms with Gasteiger partial charge in [0.2, 0.25) is 0 Å². The van der Waals surface area contributed by atoms with Crippen LogP contribution in [0.1, 0.15) is 0 Å². The number of benzene rings is 1. The molecular weight excluding hydrogens is 272 g/mol. The maximum atomic E-state index is 11.9. The lowest BCUT2D eigenvalue weighted by Crippen LogP contribution is -2.23. The van der Waals surface area contributed by atoms with Crippen molar-refractivity contribution in [2.75, 3.05) is 12.4 Å². The van der Waals surface area contributed by atoms with E-state index in [1.54, 1.807) is 25.3 Å². The number of hydrogen-bond acceptors (Lipinski definition) is 5. The molecule has 0 unspecified atom stereocenters. The van der Waals surface area contributed by atoms with Crippen LogP contribution in [-0.4, -0.2) is 21.8 Å². The Balaban J connectivity index is 2.63. The average molecular weight is 286 g/mol. The molecule has 1 N–H and O–H groups in total. The average Bonchev–Trinajstić information content (AvgIpc) is 2.49. The maximum absolute atomic E-state index is 11.9. The van der Waals surface area contributed by atoms with Crippen molar-refractivity contribution >= 4 is 11.4 Å². The molecular formula is C14H14N4O3. The molecule has 0 fully saturated rings. The Hall–Kier alpha value is -2.96. The molecule has 1 aromatic carbocycles. The highest BCUT2D eigenvalue weighted by atomic mass is 16.6. The summed E-state index contributed by atoms with van der Waals surface area (Å²) in [6.45, 7) is 3.84. The van der Waals surface area contributed by atoms with E-state index in [-0.39, 0.29) is 17.8 Å². The van der Waals surface area contributed by atoms with Crippen LogP contribution in [0.2, 0.25) is 0 Å². The lowest BCUT2D eigenvalue weighted by atomic mass is 10.1. The summed E-state index contributed by atoms with van der Waals surface area (Å²) >= 11 is 0. The van der Waals surface area contributed by atoms with Crippen LogP contribution in [0, 0.1) is 10.1 Å². The minimum Gasteiger partial charge on any atom is -0.386 e. The second kappa shape index (κ2) is 6.00. The van der Waals surface area contributed by atoms with Gasteiger partial charge >= 0.3 is 0 Å². The molecule has 21 heavy (non-hydrogen) atoms. The Bertz CT molecular complexity index is 752. The van der Waals surface area contributed by atoms with Gasteiger partial charge in [-0.2, -0.15) is 5.10 Å². The topological polar surface area (TPSA) is 90.1 Å². The van der Waals surface area contributed by atoms with Crippen molar-refractivity contribution < 1.29 is 4.92 Å². The summed E-state index contributed by atoms with van der Waals surface area (Å²) in [5, 5.41) is 18.0. The molecule has 1 aromatic heterocycles. The van der Waals surface area contributed by atoms with E-state index in [1.807, 2.05) is 0 Å². The summed E-state index contributed by atoms with van der Waals surface area (Å²) < 4.78 is 1.25. The Labute approximate surface area is 120 Å². The number of allylic oxidation sites excluding steroid dienone is 1. The summed E-state index contributed by atoms with van der Waals surface area (Å²) in [7, 11) is 1.66. The smallest absolute Gasteiger partial charge is 0.270 e. The van der Waals surface area contributed by atoms with Crippen LogP contribution in [0.5, 0.6) is 0 Å². The second-order valence-corrected chi connectivity index (χ2v) is 4.27. The number of hydrogen-bond donors (Lipinski definition) is 1. The zero-order valence-corrected chi connectivity index (χ0v) is 11.4. The molecule has 0 aliphatic heterocycles. The first-order valence-corrected chi connectivity index (χ1v) is 6.22. The standard InChI is InChI=1S/C14H14N4O3/c1-3-7-17-13(19)9-12(15-2)14(16-17)10-5-4-6-11(8-10)18(20)21/h3-6,8-9,15H,1,7H2,2H3. The zero-order chi connectivity index (χ0) is 15.4. The highest BCUT2D eigenvalue weighted by Crippen LogP contribution is 2.26. The molecule has 0 bridgehead atoms. The molecule has 7 heteroatoms. The molecule has 2 rings (SSSR count). The molecule has 0 spiro atoms. The van der Waals surface area contributed by atoms with Crippen LogP contribution < -0.4 is 10.9 Å². The van der Waals surface area contributed by atoms with Crippen molar-refractivity contribution in [2.24, 2.45) is 0 Å². The molecule has 0 aliphatic carbocycles. The third kappa shape index (κ3) is 2.97. The summed E-state index contributed by atoms with van der Waals surface area (Å²) in [6.07, 6.45) is 1.56. The number of nitrogens with one attached hydrogen (secondary N) is 1. The first-order valence-electron chi connectivity index (χ1n) is 6.22. The number of nitro benzene ring substituents is 1. The van der Waals surface area contributed by atoms with Crippen molar-refractivity contribution in [3.63, 3.8) is 0 Å². The lowest BCUT2D eigenvalue weighted by molar-refractivity contribution is -0.384. The Morgan fingerprint density at radius 1 is 1.48 bits per heavy atom. The summed E-state index contributed by atoms with van der Waals surface area (Å²) in [5.41, 5.74) is 1.25. The molecule has 108 valence electrons. The second-order valence-electron chi connectivity index (χ2n) is 4.27. The van der Waals surface area contributed by atoms with E-state index < -0.39 is 4.92 Å². The largest absolute Gasteiger partial charge is 0.386 e.